The number of hydrogen-bond acceptors (Lipinski definition) is 6. The van der Waals surface area contributed by atoms with Crippen molar-refractivity contribution < 1.29 is 9.47 Å². The van der Waals surface area contributed by atoms with Crippen molar-refractivity contribution in [2.24, 2.45) is 0 Å². The molecule has 0 amide bonds. The van der Waals surface area contributed by atoms with Crippen LogP contribution in [0.4, 0.5) is 5.69 Å². The first-order valence-corrected chi connectivity index (χ1v) is 7.29. The third-order valence-electron chi connectivity index (χ3n) is 3.68. The Balaban J connectivity index is 1.87. The lowest BCUT2D eigenvalue weighted by Gasteiger charge is -2.18. The Hall–Kier alpha value is -1.44. The highest BCUT2D eigenvalue weighted by Crippen LogP contribution is 2.18. The first-order chi connectivity index (χ1) is 10.2. The summed E-state index contributed by atoms with van der Waals surface area (Å²) in [5.74, 6) is 0. The summed E-state index contributed by atoms with van der Waals surface area (Å²) in [6.07, 6.45) is 3.00. The largest absolute Gasteiger partial charge is 0.383 e. The fourth-order valence-corrected chi connectivity index (χ4v) is 2.40. The van der Waals surface area contributed by atoms with Gasteiger partial charge in [0.15, 0.2) is 0 Å². The van der Waals surface area contributed by atoms with Gasteiger partial charge in [0.1, 0.15) is 0 Å². The summed E-state index contributed by atoms with van der Waals surface area (Å²) >= 11 is 0. The van der Waals surface area contributed by atoms with Crippen molar-refractivity contribution in [2.45, 2.75) is 19.1 Å². The third-order valence-corrected chi connectivity index (χ3v) is 3.68. The lowest BCUT2D eigenvalue weighted by molar-refractivity contribution is 0.121. The Morgan fingerprint density at radius 2 is 2.29 bits per heavy atom. The molecule has 0 aliphatic carbocycles. The second-order valence-corrected chi connectivity index (χ2v) is 5.11. The Morgan fingerprint density at radius 1 is 1.43 bits per heavy atom. The Bertz CT molecular complexity index is 491. The van der Waals surface area contributed by atoms with E-state index in [-0.39, 0.29) is 11.7 Å². The van der Waals surface area contributed by atoms with E-state index in [4.69, 9.17) is 9.47 Å². The number of nitrogens with zero attached hydrogens (tertiary/aromatic N) is 3. The van der Waals surface area contributed by atoms with E-state index in [1.54, 1.807) is 26.5 Å². The van der Waals surface area contributed by atoms with Gasteiger partial charge in [0.25, 0.3) is 5.56 Å². The molecule has 2 heterocycles. The second kappa shape index (κ2) is 8.11. The van der Waals surface area contributed by atoms with Crippen molar-refractivity contribution in [2.75, 3.05) is 51.9 Å². The Labute approximate surface area is 124 Å². The average Bonchev–Trinajstić information content (AvgIpc) is 2.97. The van der Waals surface area contributed by atoms with E-state index in [0.717, 1.165) is 31.7 Å². The standard InChI is InChI=1S/C14H24N4O3/c1-20-8-5-15-4-7-18-14(19)9-12(10-16-18)17-6-3-13(11-17)21-2/h9-10,13,15H,3-8,11H2,1-2H3. The van der Waals surface area contributed by atoms with Crippen LogP contribution in [0.3, 0.4) is 0 Å². The summed E-state index contributed by atoms with van der Waals surface area (Å²) in [6.45, 7) is 4.42. The topological polar surface area (TPSA) is 68.6 Å². The number of methoxy groups -OCH3 is 2. The van der Waals surface area contributed by atoms with Crippen LogP contribution >= 0.6 is 0 Å². The Kier molecular flexibility index (Phi) is 6.16. The molecule has 0 aromatic carbocycles. The molecular weight excluding hydrogens is 272 g/mol. The molecule has 1 saturated heterocycles. The zero-order valence-corrected chi connectivity index (χ0v) is 12.7. The van der Waals surface area contributed by atoms with Gasteiger partial charge in [-0.25, -0.2) is 4.68 Å². The van der Waals surface area contributed by atoms with Gasteiger partial charge < -0.3 is 19.7 Å². The predicted molar refractivity (Wildman–Crippen MR) is 80.9 cm³/mol. The molecule has 21 heavy (non-hydrogen) atoms. The molecule has 0 spiro atoms. The fraction of sp³-hybridized carbons (Fsp3) is 0.714. The fourth-order valence-electron chi connectivity index (χ4n) is 2.40. The molecule has 7 heteroatoms. The van der Waals surface area contributed by atoms with E-state index in [9.17, 15) is 4.79 Å². The van der Waals surface area contributed by atoms with E-state index < -0.39 is 0 Å². The maximum Gasteiger partial charge on any atom is 0.268 e. The van der Waals surface area contributed by atoms with Gasteiger partial charge in [-0.3, -0.25) is 4.79 Å². The van der Waals surface area contributed by atoms with Crippen LogP contribution in [0.5, 0.6) is 0 Å². The van der Waals surface area contributed by atoms with E-state index in [1.807, 2.05) is 0 Å². The lowest BCUT2D eigenvalue weighted by Crippen LogP contribution is -2.31. The quantitative estimate of drug-likeness (QED) is 0.665. The van der Waals surface area contributed by atoms with Crippen LogP contribution < -0.4 is 15.8 Å². The minimum atomic E-state index is -0.0677. The van der Waals surface area contributed by atoms with Gasteiger partial charge in [0.05, 0.1) is 31.1 Å². The molecule has 1 fully saturated rings. The maximum atomic E-state index is 12.1. The van der Waals surface area contributed by atoms with Crippen molar-refractivity contribution in [1.29, 1.82) is 0 Å². The van der Waals surface area contributed by atoms with Crippen LogP contribution in [0.1, 0.15) is 6.42 Å². The van der Waals surface area contributed by atoms with Crippen LogP contribution in [-0.2, 0) is 16.0 Å². The molecule has 118 valence electrons. The number of hydrogen-bond donors (Lipinski definition) is 1. The highest BCUT2D eigenvalue weighted by Gasteiger charge is 2.22. The molecule has 1 atom stereocenters. The monoisotopic (exact) mass is 296 g/mol. The van der Waals surface area contributed by atoms with E-state index in [2.05, 4.69) is 15.3 Å². The molecule has 1 unspecified atom stereocenters. The SMILES string of the molecule is COCCNCCn1ncc(N2CCC(OC)C2)cc1=O. The highest BCUT2D eigenvalue weighted by atomic mass is 16.5. The minimum absolute atomic E-state index is 0.0677. The molecule has 1 aromatic rings. The summed E-state index contributed by atoms with van der Waals surface area (Å²) in [4.78, 5) is 14.2. The summed E-state index contributed by atoms with van der Waals surface area (Å²) in [7, 11) is 3.39. The molecule has 1 aromatic heterocycles. The normalized spacial score (nSPS) is 18.4. The smallest absolute Gasteiger partial charge is 0.268 e. The molecule has 0 bridgehead atoms. The highest BCUT2D eigenvalue weighted by molar-refractivity contribution is 5.44. The first kappa shape index (κ1) is 15.9. The van der Waals surface area contributed by atoms with Crippen LogP contribution in [0.25, 0.3) is 0 Å². The molecule has 0 radical (unpaired) electrons. The van der Waals surface area contributed by atoms with Crippen molar-refractivity contribution in [1.82, 2.24) is 15.1 Å². The van der Waals surface area contributed by atoms with Gasteiger partial charge in [-0.1, -0.05) is 0 Å². The third kappa shape index (κ3) is 4.52. The number of ether oxygens (including phenoxy) is 2. The van der Waals surface area contributed by atoms with Crippen LogP contribution in [0.2, 0.25) is 0 Å². The molecule has 0 saturated carbocycles. The zero-order valence-electron chi connectivity index (χ0n) is 12.7. The van der Waals surface area contributed by atoms with Crippen molar-refractivity contribution in [3.63, 3.8) is 0 Å². The van der Waals surface area contributed by atoms with Crippen LogP contribution in [0.15, 0.2) is 17.1 Å². The maximum absolute atomic E-state index is 12.1. The number of anilines is 1. The number of nitrogens with one attached hydrogen (secondary N) is 1. The predicted octanol–water partition coefficient (Wildman–Crippen LogP) is -0.296. The van der Waals surface area contributed by atoms with Gasteiger partial charge in [-0.2, -0.15) is 5.10 Å². The summed E-state index contributed by atoms with van der Waals surface area (Å²) in [6, 6.07) is 1.65. The van der Waals surface area contributed by atoms with E-state index in [0.29, 0.717) is 19.7 Å². The summed E-state index contributed by atoms with van der Waals surface area (Å²) < 4.78 is 11.8. The van der Waals surface area contributed by atoms with Crippen LogP contribution in [0, 0.1) is 0 Å². The number of rotatable bonds is 8. The molecular formula is C14H24N4O3. The minimum Gasteiger partial charge on any atom is -0.383 e. The van der Waals surface area contributed by atoms with E-state index >= 15 is 0 Å². The first-order valence-electron chi connectivity index (χ1n) is 7.29. The van der Waals surface area contributed by atoms with E-state index in [1.165, 1.54) is 4.68 Å². The van der Waals surface area contributed by atoms with Gasteiger partial charge in [-0.15, -0.1) is 0 Å². The molecule has 1 aliphatic rings. The van der Waals surface area contributed by atoms with Crippen molar-refractivity contribution in [3.8, 4) is 0 Å². The molecule has 7 nitrogen and oxygen atoms in total. The van der Waals surface area contributed by atoms with Crippen molar-refractivity contribution in [3.05, 3.63) is 22.6 Å². The van der Waals surface area contributed by atoms with Gasteiger partial charge in [0.2, 0.25) is 0 Å². The number of aromatic nitrogens is 2. The molecule has 1 aliphatic heterocycles. The van der Waals surface area contributed by atoms with Gasteiger partial charge in [-0.05, 0) is 6.42 Å². The van der Waals surface area contributed by atoms with Gasteiger partial charge >= 0.3 is 0 Å². The average molecular weight is 296 g/mol. The van der Waals surface area contributed by atoms with Crippen molar-refractivity contribution >= 4 is 5.69 Å². The molecule has 1 N–H and O–H groups in total. The second-order valence-electron chi connectivity index (χ2n) is 5.11. The molecule has 2 rings (SSSR count). The van der Waals surface area contributed by atoms with Crippen LogP contribution in [-0.4, -0.2) is 62.9 Å². The summed E-state index contributed by atoms with van der Waals surface area (Å²) in [5, 5.41) is 7.44. The van der Waals surface area contributed by atoms with Gasteiger partial charge in [0, 0.05) is 46.5 Å². The Morgan fingerprint density at radius 3 is 2.95 bits per heavy atom. The zero-order chi connectivity index (χ0) is 15.1. The summed E-state index contributed by atoms with van der Waals surface area (Å²) in [5.41, 5.74) is 0.810. The lowest BCUT2D eigenvalue weighted by atomic mass is 10.3.